The molecule has 2 N–H and O–H groups in total. The van der Waals surface area contributed by atoms with Gasteiger partial charge in [-0.05, 0) is 19.3 Å². The minimum Gasteiger partial charge on any atom is -0.481 e. The van der Waals surface area contributed by atoms with Crippen LogP contribution in [0.2, 0.25) is 0 Å². The van der Waals surface area contributed by atoms with Gasteiger partial charge in [-0.1, -0.05) is 39.0 Å². The van der Waals surface area contributed by atoms with Gasteiger partial charge in [-0.15, -0.1) is 0 Å². The maximum absolute atomic E-state index is 11.9. The van der Waals surface area contributed by atoms with E-state index in [0.717, 1.165) is 25.7 Å². The van der Waals surface area contributed by atoms with E-state index in [0.29, 0.717) is 23.9 Å². The second-order valence-electron chi connectivity index (χ2n) is 7.93. The lowest BCUT2D eigenvalue weighted by Gasteiger charge is -2.28. The van der Waals surface area contributed by atoms with Crippen LogP contribution in [0.3, 0.4) is 0 Å². The van der Waals surface area contributed by atoms with Gasteiger partial charge in [0, 0.05) is 6.42 Å². The molecule has 6 heteroatoms. The van der Waals surface area contributed by atoms with Crippen molar-refractivity contribution in [1.82, 2.24) is 0 Å². The molecule has 0 saturated heterocycles. The molecule has 0 bridgehead atoms. The maximum Gasteiger partial charge on any atom is 0.307 e. The molecule has 6 nitrogen and oxygen atoms in total. The van der Waals surface area contributed by atoms with Gasteiger partial charge >= 0.3 is 11.9 Å². The molecular weight excluding hydrogens is 322 g/mol. The molecule has 0 aliphatic heterocycles. The first-order valence-corrected chi connectivity index (χ1v) is 9.53. The van der Waals surface area contributed by atoms with Crippen molar-refractivity contribution in [1.29, 1.82) is 0 Å². The van der Waals surface area contributed by atoms with Gasteiger partial charge in [-0.3, -0.25) is 9.59 Å². The summed E-state index contributed by atoms with van der Waals surface area (Å²) < 4.78 is 5.88. The summed E-state index contributed by atoms with van der Waals surface area (Å²) in [5.74, 6) is -1.31. The number of ether oxygens (including phenoxy) is 1. The second kappa shape index (κ2) is 13.1. The second-order valence-corrected chi connectivity index (χ2v) is 7.93. The number of aliphatic carboxylic acids is 1. The van der Waals surface area contributed by atoms with Crippen molar-refractivity contribution in [3.05, 3.63) is 0 Å². The van der Waals surface area contributed by atoms with E-state index in [1.54, 1.807) is 0 Å². The third kappa shape index (κ3) is 16.1. The van der Waals surface area contributed by atoms with Crippen LogP contribution in [0.5, 0.6) is 0 Å². The third-order valence-corrected chi connectivity index (χ3v) is 4.01. The van der Waals surface area contributed by atoms with Crippen molar-refractivity contribution >= 4 is 11.9 Å². The quantitative estimate of drug-likeness (QED) is 0.266. The Morgan fingerprint density at radius 3 is 2.12 bits per heavy atom. The Balaban J connectivity index is 3.97. The molecular formula is C19H38NO5+. The summed E-state index contributed by atoms with van der Waals surface area (Å²) in [5.41, 5.74) is 0. The molecule has 2 atom stereocenters. The van der Waals surface area contributed by atoms with E-state index < -0.39 is 12.1 Å². The molecule has 0 aromatic carbocycles. The number of carbonyl (C=O) groups excluding carboxylic acids is 1. The van der Waals surface area contributed by atoms with Crippen molar-refractivity contribution in [3.63, 3.8) is 0 Å². The summed E-state index contributed by atoms with van der Waals surface area (Å²) in [6.45, 7) is 2.63. The van der Waals surface area contributed by atoms with Gasteiger partial charge in [0.25, 0.3) is 0 Å². The summed E-state index contributed by atoms with van der Waals surface area (Å²) in [6.07, 6.45) is 6.81. The van der Waals surface area contributed by atoms with Crippen molar-refractivity contribution < 1.29 is 29.0 Å². The lowest BCUT2D eigenvalue weighted by Crippen LogP contribution is -2.43. The van der Waals surface area contributed by atoms with Gasteiger partial charge in [0.15, 0.2) is 6.10 Å². The molecule has 0 rings (SSSR count). The largest absolute Gasteiger partial charge is 0.481 e. The zero-order valence-corrected chi connectivity index (χ0v) is 16.5. The first-order valence-electron chi connectivity index (χ1n) is 9.53. The summed E-state index contributed by atoms with van der Waals surface area (Å²) in [7, 11) is 5.81. The fourth-order valence-corrected chi connectivity index (χ4v) is 2.79. The summed E-state index contributed by atoms with van der Waals surface area (Å²) in [6, 6.07) is 0. The van der Waals surface area contributed by atoms with E-state index >= 15 is 0 Å². The van der Waals surface area contributed by atoms with Gasteiger partial charge in [-0.25, -0.2) is 0 Å². The monoisotopic (exact) mass is 360 g/mol. The van der Waals surface area contributed by atoms with Crippen LogP contribution in [-0.2, 0) is 14.3 Å². The average Bonchev–Trinajstić information content (AvgIpc) is 2.45. The molecule has 0 radical (unpaired) electrons. The molecule has 0 aromatic rings. The van der Waals surface area contributed by atoms with Crippen LogP contribution < -0.4 is 0 Å². The van der Waals surface area contributed by atoms with Gasteiger partial charge in [0.2, 0.25) is 0 Å². The Morgan fingerprint density at radius 1 is 1.00 bits per heavy atom. The molecule has 0 aliphatic carbocycles. The Kier molecular flexibility index (Phi) is 12.5. The smallest absolute Gasteiger partial charge is 0.307 e. The molecule has 148 valence electrons. The molecule has 0 saturated carbocycles. The molecule has 0 aliphatic rings. The molecule has 0 fully saturated rings. The highest BCUT2D eigenvalue weighted by Crippen LogP contribution is 2.13. The first kappa shape index (κ1) is 23.9. The van der Waals surface area contributed by atoms with E-state index in [2.05, 4.69) is 6.92 Å². The lowest BCUT2D eigenvalue weighted by molar-refractivity contribution is -0.873. The summed E-state index contributed by atoms with van der Waals surface area (Å²) in [4.78, 5) is 22.8. The van der Waals surface area contributed by atoms with Gasteiger partial charge < -0.3 is 19.4 Å². The number of rotatable bonds is 15. The van der Waals surface area contributed by atoms with Crippen LogP contribution >= 0.6 is 0 Å². The lowest BCUT2D eigenvalue weighted by atomic mass is 10.0. The van der Waals surface area contributed by atoms with Crippen molar-refractivity contribution in [3.8, 4) is 0 Å². The zero-order valence-electron chi connectivity index (χ0n) is 16.5. The van der Waals surface area contributed by atoms with Crippen LogP contribution in [0, 0.1) is 0 Å². The Labute approximate surface area is 152 Å². The standard InChI is InChI=1S/C19H37NO5/c1-5-6-7-8-11-16(21)12-9-10-13-19(24)25-17(14-18(22)23)15-20(2,3)4/h16-17,21H,5-15H2,1-4H3/p+1. The van der Waals surface area contributed by atoms with Crippen molar-refractivity contribution in [2.75, 3.05) is 27.7 Å². The third-order valence-electron chi connectivity index (χ3n) is 4.01. The highest BCUT2D eigenvalue weighted by molar-refractivity contribution is 5.71. The SMILES string of the molecule is CCCCCCC(O)CCCCC(=O)OC(CC(=O)O)C[N+](C)(C)C. The highest BCUT2D eigenvalue weighted by Gasteiger charge is 2.24. The van der Waals surface area contributed by atoms with E-state index in [1.807, 2.05) is 21.1 Å². The number of likely N-dealkylation sites (N-methyl/N-ethyl adjacent to an activating group) is 1. The van der Waals surface area contributed by atoms with Gasteiger partial charge in [0.05, 0.1) is 33.7 Å². The van der Waals surface area contributed by atoms with Crippen LogP contribution in [0.1, 0.15) is 71.1 Å². The number of aliphatic hydroxyl groups excluding tert-OH is 1. The number of unbranched alkanes of at least 4 members (excludes halogenated alkanes) is 4. The molecule has 0 aromatic heterocycles. The fourth-order valence-electron chi connectivity index (χ4n) is 2.79. The molecule has 0 spiro atoms. The number of carboxylic acids is 1. The number of carboxylic acid groups (broad SMARTS) is 1. The topological polar surface area (TPSA) is 83.8 Å². The number of hydrogen-bond donors (Lipinski definition) is 2. The number of esters is 1. The van der Waals surface area contributed by atoms with Crippen LogP contribution in [0.4, 0.5) is 0 Å². The molecule has 0 amide bonds. The Bertz CT molecular complexity index is 379. The highest BCUT2D eigenvalue weighted by atomic mass is 16.5. The van der Waals surface area contributed by atoms with E-state index in [-0.39, 0.29) is 24.9 Å². The zero-order chi connectivity index (χ0) is 19.3. The average molecular weight is 361 g/mol. The number of nitrogens with zero attached hydrogens (tertiary/aromatic N) is 1. The predicted octanol–water partition coefficient (Wildman–Crippen LogP) is 2.97. The summed E-state index contributed by atoms with van der Waals surface area (Å²) >= 11 is 0. The molecule has 25 heavy (non-hydrogen) atoms. The van der Waals surface area contributed by atoms with Crippen molar-refractivity contribution in [2.24, 2.45) is 0 Å². The van der Waals surface area contributed by atoms with Crippen molar-refractivity contribution in [2.45, 2.75) is 83.3 Å². The van der Waals surface area contributed by atoms with E-state index in [9.17, 15) is 14.7 Å². The fraction of sp³-hybridized carbons (Fsp3) is 0.895. The van der Waals surface area contributed by atoms with Crippen LogP contribution in [0.25, 0.3) is 0 Å². The number of quaternary nitrogens is 1. The normalized spacial score (nSPS) is 14.1. The van der Waals surface area contributed by atoms with Crippen LogP contribution in [0.15, 0.2) is 0 Å². The molecule has 0 heterocycles. The van der Waals surface area contributed by atoms with Gasteiger partial charge in [0.1, 0.15) is 6.54 Å². The Morgan fingerprint density at radius 2 is 1.60 bits per heavy atom. The number of aliphatic hydroxyl groups is 1. The number of hydrogen-bond acceptors (Lipinski definition) is 4. The minimum atomic E-state index is -0.961. The number of carbonyl (C=O) groups is 2. The van der Waals surface area contributed by atoms with E-state index in [1.165, 1.54) is 12.8 Å². The maximum atomic E-state index is 11.9. The van der Waals surface area contributed by atoms with E-state index in [4.69, 9.17) is 9.84 Å². The van der Waals surface area contributed by atoms with Crippen LogP contribution in [-0.4, -0.2) is 66.5 Å². The first-order chi connectivity index (χ1) is 11.6. The Hall–Kier alpha value is -1.14. The van der Waals surface area contributed by atoms with Gasteiger partial charge in [-0.2, -0.15) is 0 Å². The predicted molar refractivity (Wildman–Crippen MR) is 98.3 cm³/mol. The minimum absolute atomic E-state index is 0.169. The summed E-state index contributed by atoms with van der Waals surface area (Å²) in [5, 5.41) is 18.8. The molecule has 2 unspecified atom stereocenters.